The van der Waals surface area contributed by atoms with Gasteiger partial charge in [0.05, 0.1) is 5.69 Å². The Morgan fingerprint density at radius 3 is 2.71 bits per heavy atom. The molecular formula is C19H16FN3O. The molecule has 2 heterocycles. The lowest BCUT2D eigenvalue weighted by atomic mass is 10.1. The number of rotatable bonds is 3. The molecule has 1 aliphatic heterocycles. The number of amides is 1. The lowest BCUT2D eigenvalue weighted by molar-refractivity contribution is -0.119. The van der Waals surface area contributed by atoms with Gasteiger partial charge in [0.25, 0.3) is 0 Å². The van der Waals surface area contributed by atoms with Crippen molar-refractivity contribution < 1.29 is 9.18 Å². The zero-order valence-corrected chi connectivity index (χ0v) is 13.0. The lowest BCUT2D eigenvalue weighted by Gasteiger charge is -2.17. The third kappa shape index (κ3) is 2.69. The minimum atomic E-state index is -0.277. The third-order valence-electron chi connectivity index (χ3n) is 4.27. The van der Waals surface area contributed by atoms with Crippen LogP contribution in [0.25, 0.3) is 11.3 Å². The van der Waals surface area contributed by atoms with Gasteiger partial charge in [-0.2, -0.15) is 5.10 Å². The standard InChI is InChI=1S/C19H16FN3O/c20-16-7-5-14(6-8-16)17-10-11-22(21-17)13-19(24)23-12-9-15-3-1-2-4-18(15)23/h1-8,10-11H,9,12-13H2. The van der Waals surface area contributed by atoms with E-state index in [1.807, 2.05) is 29.2 Å². The zero-order chi connectivity index (χ0) is 16.5. The molecule has 1 amide bonds. The number of carbonyl (C=O) groups excluding carboxylic acids is 1. The van der Waals surface area contributed by atoms with Gasteiger partial charge in [-0.1, -0.05) is 18.2 Å². The summed E-state index contributed by atoms with van der Waals surface area (Å²) in [5, 5.41) is 4.42. The summed E-state index contributed by atoms with van der Waals surface area (Å²) >= 11 is 0. The van der Waals surface area contributed by atoms with Crippen LogP contribution in [0.1, 0.15) is 5.56 Å². The molecule has 5 heteroatoms. The Morgan fingerprint density at radius 2 is 1.88 bits per heavy atom. The second-order valence-corrected chi connectivity index (χ2v) is 5.83. The largest absolute Gasteiger partial charge is 0.310 e. The molecule has 0 saturated heterocycles. The molecule has 0 unspecified atom stereocenters. The first kappa shape index (κ1) is 14.6. The quantitative estimate of drug-likeness (QED) is 0.742. The number of benzene rings is 2. The zero-order valence-electron chi connectivity index (χ0n) is 13.0. The molecule has 0 bridgehead atoms. The van der Waals surface area contributed by atoms with Crippen LogP contribution in [-0.2, 0) is 17.8 Å². The predicted molar refractivity (Wildman–Crippen MR) is 90.1 cm³/mol. The molecular weight excluding hydrogens is 305 g/mol. The van der Waals surface area contributed by atoms with Gasteiger partial charge < -0.3 is 4.90 Å². The summed E-state index contributed by atoms with van der Waals surface area (Å²) in [7, 11) is 0. The van der Waals surface area contributed by atoms with Crippen molar-refractivity contribution in [1.82, 2.24) is 9.78 Å². The molecule has 4 rings (SSSR count). The number of para-hydroxylation sites is 1. The van der Waals surface area contributed by atoms with Gasteiger partial charge in [0.15, 0.2) is 0 Å². The number of anilines is 1. The Labute approximate surface area is 139 Å². The van der Waals surface area contributed by atoms with Crippen LogP contribution in [0.15, 0.2) is 60.8 Å². The Kier molecular flexibility index (Phi) is 3.61. The van der Waals surface area contributed by atoms with E-state index in [-0.39, 0.29) is 18.3 Å². The fourth-order valence-electron chi connectivity index (χ4n) is 3.05. The van der Waals surface area contributed by atoms with Crippen LogP contribution in [0.3, 0.4) is 0 Å². The minimum absolute atomic E-state index is 0.0220. The molecule has 1 aliphatic rings. The van der Waals surface area contributed by atoms with Crippen molar-refractivity contribution in [3.63, 3.8) is 0 Å². The highest BCUT2D eigenvalue weighted by atomic mass is 19.1. The predicted octanol–water partition coefficient (Wildman–Crippen LogP) is 3.28. The summed E-state index contributed by atoms with van der Waals surface area (Å²) in [6.07, 6.45) is 2.67. The molecule has 3 aromatic rings. The van der Waals surface area contributed by atoms with Gasteiger partial charge in [0, 0.05) is 24.0 Å². The number of aromatic nitrogens is 2. The van der Waals surface area contributed by atoms with Crippen LogP contribution in [0.5, 0.6) is 0 Å². The molecule has 0 spiro atoms. The molecule has 0 saturated carbocycles. The van der Waals surface area contributed by atoms with Crippen LogP contribution >= 0.6 is 0 Å². The van der Waals surface area contributed by atoms with Gasteiger partial charge >= 0.3 is 0 Å². The van der Waals surface area contributed by atoms with Crippen molar-refractivity contribution in [2.24, 2.45) is 0 Å². The van der Waals surface area contributed by atoms with Gasteiger partial charge in [-0.25, -0.2) is 4.39 Å². The first-order chi connectivity index (χ1) is 11.7. The van der Waals surface area contributed by atoms with Crippen LogP contribution in [0.4, 0.5) is 10.1 Å². The van der Waals surface area contributed by atoms with E-state index in [9.17, 15) is 9.18 Å². The van der Waals surface area contributed by atoms with Crippen molar-refractivity contribution in [2.75, 3.05) is 11.4 Å². The Bertz CT molecular complexity index is 886. The molecule has 0 aliphatic carbocycles. The first-order valence-electron chi connectivity index (χ1n) is 7.88. The summed E-state index contributed by atoms with van der Waals surface area (Å²) in [5.74, 6) is -0.255. The van der Waals surface area contributed by atoms with E-state index in [0.717, 1.165) is 23.4 Å². The van der Waals surface area contributed by atoms with E-state index in [1.165, 1.54) is 17.7 Å². The summed E-state index contributed by atoms with van der Waals surface area (Å²) in [5.41, 5.74) is 3.76. The van der Waals surface area contributed by atoms with Crippen molar-refractivity contribution in [1.29, 1.82) is 0 Å². The third-order valence-corrected chi connectivity index (χ3v) is 4.27. The average molecular weight is 321 g/mol. The summed E-state index contributed by atoms with van der Waals surface area (Å²) < 4.78 is 14.6. The maximum absolute atomic E-state index is 13.0. The van der Waals surface area contributed by atoms with Gasteiger partial charge in [-0.15, -0.1) is 0 Å². The van der Waals surface area contributed by atoms with Gasteiger partial charge in [0.1, 0.15) is 12.4 Å². The van der Waals surface area contributed by atoms with E-state index in [1.54, 1.807) is 23.0 Å². The summed E-state index contributed by atoms with van der Waals surface area (Å²) in [6.45, 7) is 0.903. The topological polar surface area (TPSA) is 38.1 Å². The maximum atomic E-state index is 13.0. The smallest absolute Gasteiger partial charge is 0.248 e. The van der Waals surface area contributed by atoms with Gasteiger partial charge in [-0.3, -0.25) is 9.48 Å². The second-order valence-electron chi connectivity index (χ2n) is 5.83. The highest BCUT2D eigenvalue weighted by Crippen LogP contribution is 2.27. The van der Waals surface area contributed by atoms with Gasteiger partial charge in [0.2, 0.25) is 5.91 Å². The first-order valence-corrected chi connectivity index (χ1v) is 7.88. The molecule has 0 radical (unpaired) electrons. The highest BCUT2D eigenvalue weighted by Gasteiger charge is 2.24. The molecule has 0 atom stereocenters. The Balaban J connectivity index is 1.50. The van der Waals surface area contributed by atoms with Gasteiger partial charge in [-0.05, 0) is 48.4 Å². The SMILES string of the molecule is O=C(Cn1ccc(-c2ccc(F)cc2)n1)N1CCc2ccccc21. The minimum Gasteiger partial charge on any atom is -0.310 e. The monoisotopic (exact) mass is 321 g/mol. The number of halogens is 1. The second kappa shape index (κ2) is 5.92. The average Bonchev–Trinajstić information content (AvgIpc) is 3.22. The number of nitrogens with zero attached hydrogens (tertiary/aromatic N) is 3. The van der Waals surface area contributed by atoms with Crippen molar-refractivity contribution in [3.05, 3.63) is 72.2 Å². The fraction of sp³-hybridized carbons (Fsp3) is 0.158. The fourth-order valence-corrected chi connectivity index (χ4v) is 3.05. The van der Waals surface area contributed by atoms with E-state index in [2.05, 4.69) is 11.2 Å². The van der Waals surface area contributed by atoms with Crippen LogP contribution < -0.4 is 4.90 Å². The van der Waals surface area contributed by atoms with Crippen LogP contribution in [0.2, 0.25) is 0 Å². The van der Waals surface area contributed by atoms with E-state index in [4.69, 9.17) is 0 Å². The molecule has 0 fully saturated rings. The molecule has 0 N–H and O–H groups in total. The normalized spacial score (nSPS) is 13.1. The Hall–Kier alpha value is -2.95. The van der Waals surface area contributed by atoms with Crippen molar-refractivity contribution >= 4 is 11.6 Å². The lowest BCUT2D eigenvalue weighted by Crippen LogP contribution is -2.32. The number of hydrogen-bond acceptors (Lipinski definition) is 2. The Morgan fingerprint density at radius 1 is 1.08 bits per heavy atom. The van der Waals surface area contributed by atoms with E-state index in [0.29, 0.717) is 6.54 Å². The molecule has 2 aromatic carbocycles. The molecule has 120 valence electrons. The summed E-state index contributed by atoms with van der Waals surface area (Å²) in [6, 6.07) is 16.0. The maximum Gasteiger partial charge on any atom is 0.248 e. The van der Waals surface area contributed by atoms with E-state index < -0.39 is 0 Å². The van der Waals surface area contributed by atoms with E-state index >= 15 is 0 Å². The van der Waals surface area contributed by atoms with Crippen molar-refractivity contribution in [2.45, 2.75) is 13.0 Å². The molecule has 4 nitrogen and oxygen atoms in total. The number of carbonyl (C=O) groups is 1. The number of hydrogen-bond donors (Lipinski definition) is 0. The van der Waals surface area contributed by atoms with Crippen LogP contribution in [0, 0.1) is 5.82 Å². The van der Waals surface area contributed by atoms with Crippen LogP contribution in [-0.4, -0.2) is 22.2 Å². The highest BCUT2D eigenvalue weighted by molar-refractivity contribution is 5.95. The molecule has 1 aromatic heterocycles. The summed E-state index contributed by atoms with van der Waals surface area (Å²) in [4.78, 5) is 14.4. The van der Waals surface area contributed by atoms with Crippen molar-refractivity contribution in [3.8, 4) is 11.3 Å². The molecule has 24 heavy (non-hydrogen) atoms. The number of fused-ring (bicyclic) bond motifs is 1.